The van der Waals surface area contributed by atoms with Gasteiger partial charge in [0.25, 0.3) is 11.1 Å². The highest BCUT2D eigenvalue weighted by atomic mass is 35.5. The summed E-state index contributed by atoms with van der Waals surface area (Å²) in [5.74, 6) is 0.518. The van der Waals surface area contributed by atoms with Gasteiger partial charge in [-0.2, -0.15) is 0 Å². The number of hydrogen-bond acceptors (Lipinski definition) is 9. The minimum Gasteiger partial charge on any atom is -0.493 e. The van der Waals surface area contributed by atoms with Crippen LogP contribution in [0.1, 0.15) is 12.5 Å². The van der Waals surface area contributed by atoms with E-state index in [2.05, 4.69) is 0 Å². The SMILES string of the molecule is CCOC(=O)COc1c(Cl)cc(/C=C2\SC(=O)N(CCOc3ccccc3OC)C2=O)cc1OC. The zero-order valence-corrected chi connectivity index (χ0v) is 20.9. The van der Waals surface area contributed by atoms with Crippen LogP contribution in [-0.2, 0) is 14.3 Å². The molecule has 186 valence electrons. The van der Waals surface area contributed by atoms with E-state index in [0.29, 0.717) is 17.1 Å². The van der Waals surface area contributed by atoms with Gasteiger partial charge in [-0.1, -0.05) is 23.7 Å². The molecule has 3 rings (SSSR count). The summed E-state index contributed by atoms with van der Waals surface area (Å²) >= 11 is 7.14. The molecule has 0 saturated carbocycles. The minimum atomic E-state index is -0.543. The number of ether oxygens (including phenoxy) is 5. The van der Waals surface area contributed by atoms with E-state index in [4.69, 9.17) is 35.3 Å². The Morgan fingerprint density at radius 1 is 1.06 bits per heavy atom. The molecule has 35 heavy (non-hydrogen) atoms. The fraction of sp³-hybridized carbons (Fsp3) is 0.292. The average Bonchev–Trinajstić information content (AvgIpc) is 3.10. The van der Waals surface area contributed by atoms with Crippen LogP contribution in [0, 0.1) is 0 Å². The van der Waals surface area contributed by atoms with Crippen LogP contribution in [0.3, 0.4) is 0 Å². The van der Waals surface area contributed by atoms with Crippen molar-refractivity contribution in [2.24, 2.45) is 0 Å². The van der Waals surface area contributed by atoms with E-state index in [1.54, 1.807) is 37.3 Å². The first-order valence-corrected chi connectivity index (χ1v) is 11.7. The molecule has 0 radical (unpaired) electrons. The summed E-state index contributed by atoms with van der Waals surface area (Å²) in [5, 5.41) is -0.235. The molecule has 11 heteroatoms. The van der Waals surface area contributed by atoms with Crippen molar-refractivity contribution in [3.63, 3.8) is 0 Å². The van der Waals surface area contributed by atoms with E-state index in [0.717, 1.165) is 16.7 Å². The number of rotatable bonds is 11. The van der Waals surface area contributed by atoms with E-state index >= 15 is 0 Å². The van der Waals surface area contributed by atoms with Gasteiger partial charge in [-0.15, -0.1) is 0 Å². The van der Waals surface area contributed by atoms with Crippen LogP contribution in [0.25, 0.3) is 6.08 Å². The smallest absolute Gasteiger partial charge is 0.344 e. The summed E-state index contributed by atoms with van der Waals surface area (Å²) in [7, 11) is 2.95. The molecular weight excluding hydrogens is 498 g/mol. The van der Waals surface area contributed by atoms with Crippen LogP contribution in [0.4, 0.5) is 4.79 Å². The van der Waals surface area contributed by atoms with Gasteiger partial charge < -0.3 is 23.7 Å². The van der Waals surface area contributed by atoms with Crippen molar-refractivity contribution in [2.45, 2.75) is 6.92 Å². The molecule has 1 saturated heterocycles. The molecule has 0 aromatic heterocycles. The maximum Gasteiger partial charge on any atom is 0.344 e. The van der Waals surface area contributed by atoms with Gasteiger partial charge in [0.15, 0.2) is 29.6 Å². The molecule has 1 aliphatic rings. The van der Waals surface area contributed by atoms with Gasteiger partial charge in [0.2, 0.25) is 0 Å². The second-order valence-electron chi connectivity index (χ2n) is 6.96. The van der Waals surface area contributed by atoms with Crippen LogP contribution < -0.4 is 18.9 Å². The number of amides is 2. The number of benzene rings is 2. The van der Waals surface area contributed by atoms with Gasteiger partial charge >= 0.3 is 5.97 Å². The number of carbonyl (C=O) groups is 3. The van der Waals surface area contributed by atoms with Crippen LogP contribution >= 0.6 is 23.4 Å². The Hall–Kier alpha value is -3.37. The Kier molecular flexibility index (Phi) is 9.27. The zero-order chi connectivity index (χ0) is 25.4. The lowest BCUT2D eigenvalue weighted by molar-refractivity contribution is -0.145. The predicted octanol–water partition coefficient (Wildman–Crippen LogP) is 4.41. The number of carbonyl (C=O) groups excluding carboxylic acids is 3. The van der Waals surface area contributed by atoms with Crippen LogP contribution in [-0.4, -0.2) is 62.6 Å². The van der Waals surface area contributed by atoms with Gasteiger partial charge in [0, 0.05) is 0 Å². The Morgan fingerprint density at radius 2 is 1.77 bits per heavy atom. The zero-order valence-electron chi connectivity index (χ0n) is 19.4. The molecule has 0 atom stereocenters. The second-order valence-corrected chi connectivity index (χ2v) is 8.36. The predicted molar refractivity (Wildman–Crippen MR) is 131 cm³/mol. The molecule has 1 fully saturated rings. The Bertz CT molecular complexity index is 1140. The van der Waals surface area contributed by atoms with Crippen LogP contribution in [0.5, 0.6) is 23.0 Å². The third-order valence-corrected chi connectivity index (χ3v) is 5.89. The van der Waals surface area contributed by atoms with E-state index in [1.807, 2.05) is 6.07 Å². The Balaban J connectivity index is 1.69. The molecule has 1 aliphatic heterocycles. The maximum absolute atomic E-state index is 12.8. The van der Waals surface area contributed by atoms with Crippen molar-refractivity contribution >= 4 is 46.6 Å². The average molecular weight is 522 g/mol. The first kappa shape index (κ1) is 26.2. The van der Waals surface area contributed by atoms with Crippen LogP contribution in [0.2, 0.25) is 5.02 Å². The van der Waals surface area contributed by atoms with Gasteiger partial charge in [-0.05, 0) is 54.6 Å². The number of nitrogens with zero attached hydrogens (tertiary/aromatic N) is 1. The Labute approximate surface area is 211 Å². The molecule has 2 aromatic rings. The van der Waals surface area contributed by atoms with Crippen molar-refractivity contribution in [2.75, 3.05) is 40.6 Å². The van der Waals surface area contributed by atoms with Crippen molar-refractivity contribution in [3.8, 4) is 23.0 Å². The summed E-state index contributed by atoms with van der Waals surface area (Å²) in [6, 6.07) is 10.2. The van der Waals surface area contributed by atoms with E-state index in [9.17, 15) is 14.4 Å². The normalized spacial score (nSPS) is 14.3. The van der Waals surface area contributed by atoms with Gasteiger partial charge in [0.05, 0.1) is 37.3 Å². The third-order valence-electron chi connectivity index (χ3n) is 4.70. The number of halogens is 1. The first-order valence-electron chi connectivity index (χ1n) is 10.5. The lowest BCUT2D eigenvalue weighted by atomic mass is 10.1. The molecule has 0 spiro atoms. The fourth-order valence-corrected chi connectivity index (χ4v) is 4.26. The molecule has 0 bridgehead atoms. The van der Waals surface area contributed by atoms with E-state index in [-0.39, 0.29) is 47.8 Å². The van der Waals surface area contributed by atoms with E-state index in [1.165, 1.54) is 20.3 Å². The number of esters is 1. The molecule has 2 amide bonds. The van der Waals surface area contributed by atoms with Crippen molar-refractivity contribution in [1.29, 1.82) is 0 Å². The number of methoxy groups -OCH3 is 2. The lowest BCUT2D eigenvalue weighted by Crippen LogP contribution is -2.32. The Morgan fingerprint density at radius 3 is 2.46 bits per heavy atom. The summed E-state index contributed by atoms with van der Waals surface area (Å²) in [6.45, 7) is 1.77. The molecule has 0 unspecified atom stereocenters. The monoisotopic (exact) mass is 521 g/mol. The first-order chi connectivity index (χ1) is 16.9. The van der Waals surface area contributed by atoms with Crippen molar-refractivity contribution in [3.05, 3.63) is 51.9 Å². The third kappa shape index (κ3) is 6.61. The molecule has 1 heterocycles. The highest BCUT2D eigenvalue weighted by Gasteiger charge is 2.35. The summed E-state index contributed by atoms with van der Waals surface area (Å²) in [4.78, 5) is 38.2. The standard InChI is InChI=1S/C24H24ClNO8S/c1-4-32-21(27)14-34-22-16(25)11-15(12-19(22)31-3)13-20-23(28)26(24(29)35-20)9-10-33-18-8-6-5-7-17(18)30-2/h5-8,11-13H,4,9-10,14H2,1-3H3/b20-13-. The van der Waals surface area contributed by atoms with Crippen LogP contribution in [0.15, 0.2) is 41.3 Å². The second kappa shape index (κ2) is 12.4. The summed E-state index contributed by atoms with van der Waals surface area (Å²) < 4.78 is 26.5. The maximum atomic E-state index is 12.8. The lowest BCUT2D eigenvalue weighted by Gasteiger charge is -2.14. The van der Waals surface area contributed by atoms with Crippen molar-refractivity contribution < 1.29 is 38.1 Å². The quantitative estimate of drug-likeness (QED) is 0.314. The minimum absolute atomic E-state index is 0.0742. The molecule has 0 N–H and O–H groups in total. The highest BCUT2D eigenvalue weighted by Crippen LogP contribution is 2.39. The van der Waals surface area contributed by atoms with Crippen molar-refractivity contribution in [1.82, 2.24) is 4.90 Å². The topological polar surface area (TPSA) is 101 Å². The highest BCUT2D eigenvalue weighted by molar-refractivity contribution is 8.18. The molecule has 0 aliphatic carbocycles. The van der Waals surface area contributed by atoms with Gasteiger partial charge in [-0.25, -0.2) is 4.79 Å². The largest absolute Gasteiger partial charge is 0.493 e. The van der Waals surface area contributed by atoms with Gasteiger partial charge in [0.1, 0.15) is 6.61 Å². The summed E-state index contributed by atoms with van der Waals surface area (Å²) in [6.07, 6.45) is 1.54. The van der Waals surface area contributed by atoms with Gasteiger partial charge in [-0.3, -0.25) is 14.5 Å². The number of para-hydroxylation sites is 2. The number of hydrogen-bond donors (Lipinski definition) is 0. The molecular formula is C24H24ClNO8S. The van der Waals surface area contributed by atoms with E-state index < -0.39 is 17.1 Å². The summed E-state index contributed by atoms with van der Waals surface area (Å²) in [5.41, 5.74) is 0.520. The number of thioether (sulfide) groups is 1. The fourth-order valence-electron chi connectivity index (χ4n) is 3.13. The number of imide groups is 1. The molecule has 2 aromatic carbocycles. The molecule has 9 nitrogen and oxygen atoms in total.